The van der Waals surface area contributed by atoms with Gasteiger partial charge in [-0.3, -0.25) is 0 Å². The second kappa shape index (κ2) is 5.00. The smallest absolute Gasteiger partial charge is 0.219 e. The van der Waals surface area contributed by atoms with Crippen LogP contribution in [0.3, 0.4) is 0 Å². The number of nitrogens with two attached hydrogens (primary N) is 1. The minimum absolute atomic E-state index is 0.0696. The highest BCUT2D eigenvalue weighted by atomic mass is 32.2. The molecule has 1 rings (SSSR count). The summed E-state index contributed by atoms with van der Waals surface area (Å²) < 4.78 is 30.7. The van der Waals surface area contributed by atoms with E-state index in [2.05, 4.69) is 0 Å². The van der Waals surface area contributed by atoms with Crippen molar-refractivity contribution in [1.82, 2.24) is 4.31 Å². The second-order valence-corrected chi connectivity index (χ2v) is 7.26. The highest BCUT2D eigenvalue weighted by Crippen LogP contribution is 2.31. The van der Waals surface area contributed by atoms with Crippen LogP contribution in [0.15, 0.2) is 0 Å². The van der Waals surface area contributed by atoms with Crippen molar-refractivity contribution in [2.24, 2.45) is 11.1 Å². The standard InChI is InChI=1S/C10H22N2O3S/c1-9(6-15-3)16(13,14)12-5-4-10(2,7-11)8-12/h9H,4-8,11H2,1-3H3. The van der Waals surface area contributed by atoms with E-state index in [-0.39, 0.29) is 12.0 Å². The maximum atomic E-state index is 12.1. The molecule has 16 heavy (non-hydrogen) atoms. The maximum Gasteiger partial charge on any atom is 0.219 e. The molecule has 1 aliphatic rings. The van der Waals surface area contributed by atoms with E-state index >= 15 is 0 Å². The van der Waals surface area contributed by atoms with Crippen molar-refractivity contribution in [2.75, 3.05) is 33.4 Å². The van der Waals surface area contributed by atoms with Gasteiger partial charge in [0.15, 0.2) is 0 Å². The minimum atomic E-state index is -3.23. The lowest BCUT2D eigenvalue weighted by molar-refractivity contribution is 0.198. The van der Waals surface area contributed by atoms with Gasteiger partial charge in [0, 0.05) is 20.2 Å². The zero-order chi connectivity index (χ0) is 12.4. The summed E-state index contributed by atoms with van der Waals surface area (Å²) in [7, 11) is -1.72. The molecule has 2 N–H and O–H groups in total. The lowest BCUT2D eigenvalue weighted by atomic mass is 9.90. The van der Waals surface area contributed by atoms with E-state index in [0.29, 0.717) is 19.6 Å². The third kappa shape index (κ3) is 2.74. The van der Waals surface area contributed by atoms with Crippen LogP contribution in [0.2, 0.25) is 0 Å². The predicted octanol–water partition coefficient (Wildman–Crippen LogP) is 0.0218. The van der Waals surface area contributed by atoms with Crippen LogP contribution in [0, 0.1) is 5.41 Å². The highest BCUT2D eigenvalue weighted by Gasteiger charge is 2.40. The molecule has 0 radical (unpaired) electrons. The zero-order valence-electron chi connectivity index (χ0n) is 10.3. The van der Waals surface area contributed by atoms with Crippen molar-refractivity contribution in [3.63, 3.8) is 0 Å². The van der Waals surface area contributed by atoms with E-state index in [1.165, 1.54) is 7.11 Å². The highest BCUT2D eigenvalue weighted by molar-refractivity contribution is 7.89. The van der Waals surface area contributed by atoms with E-state index in [9.17, 15) is 8.42 Å². The molecule has 1 saturated heterocycles. The molecule has 0 aromatic carbocycles. The molecule has 0 aliphatic carbocycles. The topological polar surface area (TPSA) is 72.6 Å². The van der Waals surface area contributed by atoms with Crippen LogP contribution in [0.5, 0.6) is 0 Å². The number of nitrogens with zero attached hydrogens (tertiary/aromatic N) is 1. The summed E-state index contributed by atoms with van der Waals surface area (Å²) >= 11 is 0. The van der Waals surface area contributed by atoms with Crippen molar-refractivity contribution in [3.05, 3.63) is 0 Å². The molecule has 0 saturated carbocycles. The van der Waals surface area contributed by atoms with Crippen molar-refractivity contribution < 1.29 is 13.2 Å². The summed E-state index contributed by atoms with van der Waals surface area (Å²) in [6.07, 6.45) is 0.836. The molecular formula is C10H22N2O3S. The maximum absolute atomic E-state index is 12.1. The molecule has 0 aromatic heterocycles. The molecular weight excluding hydrogens is 228 g/mol. The quantitative estimate of drug-likeness (QED) is 0.746. The Morgan fingerprint density at radius 2 is 2.19 bits per heavy atom. The van der Waals surface area contributed by atoms with Gasteiger partial charge in [-0.25, -0.2) is 12.7 Å². The number of rotatable bonds is 5. The minimum Gasteiger partial charge on any atom is -0.383 e. The summed E-state index contributed by atoms with van der Waals surface area (Å²) in [5, 5.41) is -0.488. The summed E-state index contributed by atoms with van der Waals surface area (Å²) in [5.41, 5.74) is 5.59. The molecule has 96 valence electrons. The summed E-state index contributed by atoms with van der Waals surface area (Å²) in [6, 6.07) is 0. The summed E-state index contributed by atoms with van der Waals surface area (Å²) in [5.74, 6) is 0. The Labute approximate surface area is 98.0 Å². The van der Waals surface area contributed by atoms with Crippen molar-refractivity contribution >= 4 is 10.0 Å². The van der Waals surface area contributed by atoms with Crippen LogP contribution in [-0.4, -0.2) is 51.3 Å². The van der Waals surface area contributed by atoms with E-state index in [4.69, 9.17) is 10.5 Å². The van der Waals surface area contributed by atoms with Crippen LogP contribution in [0.4, 0.5) is 0 Å². The number of ether oxygens (including phenoxy) is 1. The van der Waals surface area contributed by atoms with E-state index < -0.39 is 15.3 Å². The Hall–Kier alpha value is -0.170. The first kappa shape index (κ1) is 13.9. The second-order valence-electron chi connectivity index (χ2n) is 4.91. The van der Waals surface area contributed by atoms with Crippen molar-refractivity contribution in [1.29, 1.82) is 0 Å². The molecule has 2 unspecified atom stereocenters. The van der Waals surface area contributed by atoms with Gasteiger partial charge in [0.1, 0.15) is 0 Å². The number of sulfonamides is 1. The van der Waals surface area contributed by atoms with Crippen molar-refractivity contribution in [3.8, 4) is 0 Å². The van der Waals surface area contributed by atoms with Crippen molar-refractivity contribution in [2.45, 2.75) is 25.5 Å². The Morgan fingerprint density at radius 1 is 1.56 bits per heavy atom. The molecule has 5 nitrogen and oxygen atoms in total. The lowest BCUT2D eigenvalue weighted by Crippen LogP contribution is -2.40. The lowest BCUT2D eigenvalue weighted by Gasteiger charge is -2.24. The Morgan fingerprint density at radius 3 is 2.62 bits per heavy atom. The van der Waals surface area contributed by atoms with Crippen LogP contribution in [0.1, 0.15) is 20.3 Å². The van der Waals surface area contributed by atoms with Gasteiger partial charge in [0.25, 0.3) is 0 Å². The molecule has 6 heteroatoms. The van der Waals surface area contributed by atoms with E-state index in [0.717, 1.165) is 6.42 Å². The first-order valence-corrected chi connectivity index (χ1v) is 7.04. The molecule has 1 fully saturated rings. The van der Waals surface area contributed by atoms with Crippen LogP contribution < -0.4 is 5.73 Å². The van der Waals surface area contributed by atoms with Gasteiger partial charge in [-0.2, -0.15) is 0 Å². The predicted molar refractivity (Wildman–Crippen MR) is 63.6 cm³/mol. The largest absolute Gasteiger partial charge is 0.383 e. The van der Waals surface area contributed by atoms with E-state index in [1.807, 2.05) is 6.92 Å². The van der Waals surface area contributed by atoms with Gasteiger partial charge in [-0.1, -0.05) is 6.92 Å². The monoisotopic (exact) mass is 250 g/mol. The fourth-order valence-electron chi connectivity index (χ4n) is 1.94. The molecule has 0 aromatic rings. The van der Waals surface area contributed by atoms with Gasteiger partial charge in [0.05, 0.1) is 11.9 Å². The Balaban J connectivity index is 2.73. The summed E-state index contributed by atoms with van der Waals surface area (Å²) in [6.45, 7) is 5.57. The molecule has 2 atom stereocenters. The van der Waals surface area contributed by atoms with Gasteiger partial charge >= 0.3 is 0 Å². The average molecular weight is 250 g/mol. The third-order valence-electron chi connectivity index (χ3n) is 3.29. The molecule has 0 amide bonds. The number of hydrogen-bond donors (Lipinski definition) is 1. The Bertz CT molecular complexity index is 331. The molecule has 1 heterocycles. The SMILES string of the molecule is COCC(C)S(=O)(=O)N1CCC(C)(CN)C1. The van der Waals surface area contributed by atoms with Gasteiger partial charge in [-0.05, 0) is 25.3 Å². The first-order valence-electron chi connectivity index (χ1n) is 5.54. The van der Waals surface area contributed by atoms with Crippen LogP contribution in [-0.2, 0) is 14.8 Å². The van der Waals surface area contributed by atoms with Gasteiger partial charge < -0.3 is 10.5 Å². The fraction of sp³-hybridized carbons (Fsp3) is 1.00. The van der Waals surface area contributed by atoms with Crippen LogP contribution in [0.25, 0.3) is 0 Å². The first-order chi connectivity index (χ1) is 7.35. The average Bonchev–Trinajstić information content (AvgIpc) is 2.63. The van der Waals surface area contributed by atoms with E-state index in [1.54, 1.807) is 11.2 Å². The summed E-state index contributed by atoms with van der Waals surface area (Å²) in [4.78, 5) is 0. The molecule has 0 spiro atoms. The fourth-order valence-corrected chi connectivity index (χ4v) is 3.59. The van der Waals surface area contributed by atoms with Gasteiger partial charge in [0.2, 0.25) is 10.0 Å². The molecule has 1 aliphatic heterocycles. The number of methoxy groups -OCH3 is 1. The van der Waals surface area contributed by atoms with Gasteiger partial charge in [-0.15, -0.1) is 0 Å². The zero-order valence-corrected chi connectivity index (χ0v) is 11.1. The third-order valence-corrected chi connectivity index (χ3v) is 5.47. The Kier molecular flexibility index (Phi) is 4.34. The number of hydrogen-bond acceptors (Lipinski definition) is 4. The normalized spacial score (nSPS) is 29.5. The molecule has 0 bridgehead atoms. The van der Waals surface area contributed by atoms with Crippen LogP contribution >= 0.6 is 0 Å².